The zero-order chi connectivity index (χ0) is 13.9. The molecule has 1 atom stereocenters. The monoisotopic (exact) mass is 274 g/mol. The summed E-state index contributed by atoms with van der Waals surface area (Å²) in [5.74, 6) is 0.958. The van der Waals surface area contributed by atoms with E-state index < -0.39 is 12.7 Å². The van der Waals surface area contributed by atoms with Crippen molar-refractivity contribution in [1.29, 1.82) is 0 Å². The molecule has 0 amide bonds. The fourth-order valence-corrected chi connectivity index (χ4v) is 2.28. The molecule has 4 nitrogen and oxygen atoms in total. The molecule has 0 aromatic carbocycles. The van der Waals surface area contributed by atoms with Crippen LogP contribution in [0.2, 0.25) is 0 Å². The third-order valence-corrected chi connectivity index (χ3v) is 3.15. The van der Waals surface area contributed by atoms with Crippen molar-refractivity contribution in [3.05, 3.63) is 18.1 Å². The minimum absolute atomic E-state index is 0.234. The molecule has 1 aromatic rings. The van der Waals surface area contributed by atoms with Crippen LogP contribution in [0.25, 0.3) is 0 Å². The second-order valence-electron chi connectivity index (χ2n) is 4.93. The Hall–Kier alpha value is -1.37. The van der Waals surface area contributed by atoms with Crippen molar-refractivity contribution in [3.8, 4) is 0 Å². The fraction of sp³-hybridized carbons (Fsp3) is 0.667. The average molecular weight is 274 g/mol. The molecule has 19 heavy (non-hydrogen) atoms. The highest BCUT2D eigenvalue weighted by Gasteiger charge is 2.34. The van der Waals surface area contributed by atoms with Gasteiger partial charge in [-0.05, 0) is 25.8 Å². The van der Waals surface area contributed by atoms with Crippen LogP contribution in [0.1, 0.15) is 12.1 Å². The molecular formula is C12H17F3N4. The van der Waals surface area contributed by atoms with Crippen LogP contribution in [-0.4, -0.2) is 47.2 Å². The Morgan fingerprint density at radius 3 is 2.89 bits per heavy atom. The van der Waals surface area contributed by atoms with Crippen molar-refractivity contribution in [2.45, 2.75) is 19.5 Å². The second-order valence-corrected chi connectivity index (χ2v) is 4.93. The quantitative estimate of drug-likeness (QED) is 0.912. The van der Waals surface area contributed by atoms with Gasteiger partial charge in [-0.2, -0.15) is 13.2 Å². The van der Waals surface area contributed by atoms with Gasteiger partial charge in [0.15, 0.2) is 0 Å². The van der Waals surface area contributed by atoms with Gasteiger partial charge in [-0.25, -0.2) is 9.97 Å². The van der Waals surface area contributed by atoms with E-state index in [0.717, 1.165) is 17.9 Å². The summed E-state index contributed by atoms with van der Waals surface area (Å²) in [5.41, 5.74) is 0.864. The lowest BCUT2D eigenvalue weighted by Crippen LogP contribution is -2.33. The largest absolute Gasteiger partial charge is 0.401 e. The van der Waals surface area contributed by atoms with E-state index in [1.54, 1.807) is 0 Å². The van der Waals surface area contributed by atoms with Crippen LogP contribution in [0.4, 0.5) is 19.0 Å². The van der Waals surface area contributed by atoms with E-state index in [2.05, 4.69) is 15.3 Å². The van der Waals surface area contributed by atoms with Gasteiger partial charge in [0.1, 0.15) is 12.1 Å². The third kappa shape index (κ3) is 4.66. The Labute approximate surface area is 110 Å². The SMILES string of the molecule is Cc1cc(NCC2CCN(CC(F)(F)F)C2)ncn1. The maximum Gasteiger partial charge on any atom is 0.401 e. The number of alkyl halides is 3. The summed E-state index contributed by atoms with van der Waals surface area (Å²) in [4.78, 5) is 9.51. The van der Waals surface area contributed by atoms with Gasteiger partial charge in [-0.15, -0.1) is 0 Å². The van der Waals surface area contributed by atoms with Gasteiger partial charge in [0.2, 0.25) is 0 Å². The smallest absolute Gasteiger partial charge is 0.370 e. The van der Waals surface area contributed by atoms with E-state index in [4.69, 9.17) is 0 Å². The van der Waals surface area contributed by atoms with E-state index in [9.17, 15) is 13.2 Å². The van der Waals surface area contributed by atoms with Crippen molar-refractivity contribution in [2.24, 2.45) is 5.92 Å². The summed E-state index contributed by atoms with van der Waals surface area (Å²) < 4.78 is 36.8. The number of aromatic nitrogens is 2. The Morgan fingerprint density at radius 2 is 2.21 bits per heavy atom. The summed E-state index contributed by atoms with van der Waals surface area (Å²) in [6.07, 6.45) is -1.85. The number of nitrogens with zero attached hydrogens (tertiary/aromatic N) is 3. The van der Waals surface area contributed by atoms with Crippen LogP contribution < -0.4 is 5.32 Å². The molecule has 2 rings (SSSR count). The number of nitrogens with one attached hydrogen (secondary N) is 1. The van der Waals surface area contributed by atoms with Crippen molar-refractivity contribution in [2.75, 3.05) is 31.5 Å². The number of aryl methyl sites for hydroxylation is 1. The Balaban J connectivity index is 1.76. The number of rotatable bonds is 4. The molecule has 1 saturated heterocycles. The van der Waals surface area contributed by atoms with E-state index in [1.807, 2.05) is 13.0 Å². The number of hydrogen-bond acceptors (Lipinski definition) is 4. The molecule has 0 bridgehead atoms. The summed E-state index contributed by atoms with van der Waals surface area (Å²) in [6, 6.07) is 1.82. The van der Waals surface area contributed by atoms with E-state index in [-0.39, 0.29) is 5.92 Å². The first-order chi connectivity index (χ1) is 8.92. The maximum atomic E-state index is 12.3. The lowest BCUT2D eigenvalue weighted by atomic mass is 10.1. The number of likely N-dealkylation sites (tertiary alicyclic amines) is 1. The molecule has 0 aliphatic carbocycles. The molecule has 106 valence electrons. The highest BCUT2D eigenvalue weighted by Crippen LogP contribution is 2.22. The molecule has 0 radical (unpaired) electrons. The summed E-state index contributed by atoms with van der Waals surface area (Å²) in [7, 11) is 0. The first-order valence-corrected chi connectivity index (χ1v) is 6.24. The van der Waals surface area contributed by atoms with Crippen molar-refractivity contribution in [1.82, 2.24) is 14.9 Å². The highest BCUT2D eigenvalue weighted by molar-refractivity contribution is 5.34. The molecule has 1 aliphatic heterocycles. The first-order valence-electron chi connectivity index (χ1n) is 6.24. The normalized spacial score (nSPS) is 20.7. The minimum atomic E-state index is -4.11. The minimum Gasteiger partial charge on any atom is -0.370 e. The van der Waals surface area contributed by atoms with Gasteiger partial charge in [0.05, 0.1) is 6.54 Å². The second kappa shape index (κ2) is 5.73. The Kier molecular flexibility index (Phi) is 4.24. The van der Waals surface area contributed by atoms with Crippen LogP contribution in [-0.2, 0) is 0 Å². The molecular weight excluding hydrogens is 257 g/mol. The zero-order valence-electron chi connectivity index (χ0n) is 10.7. The third-order valence-electron chi connectivity index (χ3n) is 3.15. The summed E-state index contributed by atoms with van der Waals surface area (Å²) in [6.45, 7) is 2.69. The van der Waals surface area contributed by atoms with Gasteiger partial charge in [-0.1, -0.05) is 0 Å². The van der Waals surface area contributed by atoms with Crippen LogP contribution in [0, 0.1) is 12.8 Å². The molecule has 7 heteroatoms. The molecule has 0 spiro atoms. The number of hydrogen-bond donors (Lipinski definition) is 1. The lowest BCUT2D eigenvalue weighted by Gasteiger charge is -2.18. The Bertz CT molecular complexity index is 422. The molecule has 1 aliphatic rings. The topological polar surface area (TPSA) is 41.0 Å². The standard InChI is InChI=1S/C12H17F3N4/c1-9-4-11(18-8-17-9)16-5-10-2-3-19(6-10)7-12(13,14)15/h4,8,10H,2-3,5-7H2,1H3,(H,16,17,18). The van der Waals surface area contributed by atoms with E-state index in [1.165, 1.54) is 11.2 Å². The predicted octanol–water partition coefficient (Wildman–Crippen LogP) is 2.08. The first kappa shape index (κ1) is 14.0. The summed E-state index contributed by atoms with van der Waals surface area (Å²) >= 11 is 0. The van der Waals surface area contributed by atoms with Gasteiger partial charge in [0, 0.05) is 24.8 Å². The fourth-order valence-electron chi connectivity index (χ4n) is 2.28. The van der Waals surface area contributed by atoms with Crippen molar-refractivity contribution >= 4 is 5.82 Å². The highest BCUT2D eigenvalue weighted by atomic mass is 19.4. The van der Waals surface area contributed by atoms with Gasteiger partial charge in [0.25, 0.3) is 0 Å². The van der Waals surface area contributed by atoms with Crippen LogP contribution in [0.15, 0.2) is 12.4 Å². The zero-order valence-corrected chi connectivity index (χ0v) is 10.7. The summed E-state index contributed by atoms with van der Waals surface area (Å²) in [5, 5.41) is 3.15. The molecule has 1 aromatic heterocycles. The molecule has 1 unspecified atom stereocenters. The molecule has 1 N–H and O–H groups in total. The van der Waals surface area contributed by atoms with Gasteiger partial charge < -0.3 is 5.32 Å². The van der Waals surface area contributed by atoms with Gasteiger partial charge >= 0.3 is 6.18 Å². The van der Waals surface area contributed by atoms with Crippen molar-refractivity contribution < 1.29 is 13.2 Å². The molecule has 2 heterocycles. The van der Waals surface area contributed by atoms with Gasteiger partial charge in [-0.3, -0.25) is 4.90 Å². The number of halogens is 3. The van der Waals surface area contributed by atoms with Crippen LogP contribution in [0.3, 0.4) is 0 Å². The predicted molar refractivity (Wildman–Crippen MR) is 65.9 cm³/mol. The van der Waals surface area contributed by atoms with Crippen molar-refractivity contribution in [3.63, 3.8) is 0 Å². The van der Waals surface area contributed by atoms with Crippen LogP contribution in [0.5, 0.6) is 0 Å². The lowest BCUT2D eigenvalue weighted by molar-refractivity contribution is -0.143. The maximum absolute atomic E-state index is 12.3. The molecule has 1 fully saturated rings. The van der Waals surface area contributed by atoms with E-state index >= 15 is 0 Å². The number of anilines is 1. The average Bonchev–Trinajstić information content (AvgIpc) is 2.72. The Morgan fingerprint density at radius 1 is 1.42 bits per heavy atom. The molecule has 0 saturated carbocycles. The van der Waals surface area contributed by atoms with Crippen LogP contribution >= 0.6 is 0 Å². The van der Waals surface area contributed by atoms with E-state index in [0.29, 0.717) is 19.6 Å².